The van der Waals surface area contributed by atoms with Crippen molar-refractivity contribution < 1.29 is 4.74 Å². The molecule has 1 heterocycles. The third-order valence-electron chi connectivity index (χ3n) is 5.11. The maximum absolute atomic E-state index is 9.67. The molecular formula is C26H22N2OS. The number of rotatable bonds is 6. The molecule has 0 saturated carbocycles. The Labute approximate surface area is 181 Å². The van der Waals surface area contributed by atoms with Gasteiger partial charge in [0.15, 0.2) is 0 Å². The molecule has 1 unspecified atom stereocenters. The molecule has 4 heteroatoms. The quantitative estimate of drug-likeness (QED) is 0.359. The lowest BCUT2D eigenvalue weighted by Crippen LogP contribution is -2.06. The van der Waals surface area contributed by atoms with Crippen molar-refractivity contribution in [1.82, 2.24) is 4.98 Å². The highest BCUT2D eigenvalue weighted by Gasteiger charge is 2.19. The second kappa shape index (κ2) is 9.04. The summed E-state index contributed by atoms with van der Waals surface area (Å²) in [5.41, 5.74) is 8.99. The van der Waals surface area contributed by atoms with Gasteiger partial charge in [0.1, 0.15) is 6.10 Å². The topological polar surface area (TPSA) is 45.9 Å². The third-order valence-corrected chi connectivity index (χ3v) is 5.93. The molecule has 30 heavy (non-hydrogen) atoms. The van der Waals surface area contributed by atoms with Crippen LogP contribution < -0.4 is 0 Å². The number of hydrogen-bond acceptors (Lipinski definition) is 4. The molecule has 0 aliphatic carbocycles. The van der Waals surface area contributed by atoms with Crippen molar-refractivity contribution in [3.8, 4) is 17.2 Å². The van der Waals surface area contributed by atoms with Gasteiger partial charge in [-0.25, -0.2) is 0 Å². The second-order valence-corrected chi connectivity index (χ2v) is 8.23. The van der Waals surface area contributed by atoms with E-state index in [1.807, 2.05) is 42.0 Å². The molecule has 0 radical (unpaired) electrons. The van der Waals surface area contributed by atoms with Gasteiger partial charge in [-0.2, -0.15) is 5.26 Å². The predicted octanol–water partition coefficient (Wildman–Crippen LogP) is 6.60. The van der Waals surface area contributed by atoms with Crippen molar-refractivity contribution in [3.05, 3.63) is 111 Å². The van der Waals surface area contributed by atoms with Gasteiger partial charge in [-0.1, -0.05) is 60.2 Å². The summed E-state index contributed by atoms with van der Waals surface area (Å²) >= 11 is 1.58. The van der Waals surface area contributed by atoms with Gasteiger partial charge in [0, 0.05) is 11.8 Å². The van der Waals surface area contributed by atoms with E-state index in [0.29, 0.717) is 12.2 Å². The smallest absolute Gasteiger partial charge is 0.119 e. The van der Waals surface area contributed by atoms with Crippen LogP contribution in [0, 0.1) is 25.2 Å². The zero-order valence-electron chi connectivity index (χ0n) is 17.0. The Kier molecular flexibility index (Phi) is 6.04. The first kappa shape index (κ1) is 20.0. The van der Waals surface area contributed by atoms with Gasteiger partial charge < -0.3 is 4.74 Å². The number of nitrogens with zero attached hydrogens (tertiary/aromatic N) is 2. The van der Waals surface area contributed by atoms with Crippen LogP contribution in [0.15, 0.2) is 78.4 Å². The molecule has 0 amide bonds. The van der Waals surface area contributed by atoms with Gasteiger partial charge in [0.2, 0.25) is 0 Å². The molecule has 0 saturated heterocycles. The van der Waals surface area contributed by atoms with Gasteiger partial charge >= 0.3 is 0 Å². The van der Waals surface area contributed by atoms with Gasteiger partial charge in [0.05, 0.1) is 28.6 Å². The fourth-order valence-corrected chi connectivity index (χ4v) is 4.29. The summed E-state index contributed by atoms with van der Waals surface area (Å²) < 4.78 is 6.40. The maximum Gasteiger partial charge on any atom is 0.119 e. The lowest BCUT2D eigenvalue weighted by Gasteiger charge is -2.19. The summed E-state index contributed by atoms with van der Waals surface area (Å²) in [4.78, 5) is 5.30. The van der Waals surface area contributed by atoms with Crippen LogP contribution in [0.1, 0.15) is 38.8 Å². The summed E-state index contributed by atoms with van der Waals surface area (Å²) in [6.07, 6.45) is 1.62. The Morgan fingerprint density at radius 2 is 1.87 bits per heavy atom. The van der Waals surface area contributed by atoms with Crippen LogP contribution >= 0.6 is 11.3 Å². The summed E-state index contributed by atoms with van der Waals surface area (Å²) in [7, 11) is 0. The third kappa shape index (κ3) is 4.33. The van der Waals surface area contributed by atoms with Crippen LogP contribution in [0.4, 0.5) is 0 Å². The highest BCUT2D eigenvalue weighted by Crippen LogP contribution is 2.34. The number of ether oxygens (including phenoxy) is 1. The molecule has 0 N–H and O–H groups in total. The number of thiazole rings is 1. The van der Waals surface area contributed by atoms with E-state index in [2.05, 4.69) is 61.3 Å². The van der Waals surface area contributed by atoms with E-state index in [4.69, 9.17) is 4.74 Å². The molecule has 3 nitrogen and oxygen atoms in total. The summed E-state index contributed by atoms with van der Waals surface area (Å²) in [6, 6.07) is 24.8. The lowest BCUT2D eigenvalue weighted by molar-refractivity contribution is 0.0689. The zero-order chi connectivity index (χ0) is 20.9. The van der Waals surface area contributed by atoms with Crippen LogP contribution in [0.3, 0.4) is 0 Å². The molecule has 0 aliphatic rings. The lowest BCUT2D eigenvalue weighted by atomic mass is 9.93. The van der Waals surface area contributed by atoms with E-state index < -0.39 is 0 Å². The Morgan fingerprint density at radius 3 is 2.60 bits per heavy atom. The number of nitriles is 1. The first-order chi connectivity index (χ1) is 14.7. The standard InChI is InChI=1S/C26H22N2OS/c1-18-6-5-8-20(12-18)16-29-26(25-15-28-17-30-25)21-10-11-22(14-27)24(13-21)23-9-4-3-7-19(23)2/h3-13,15,17,26H,16H2,1-2H3. The normalized spacial score (nSPS) is 11.8. The minimum absolute atomic E-state index is 0.242. The molecule has 0 fully saturated rings. The molecule has 148 valence electrons. The summed E-state index contributed by atoms with van der Waals surface area (Å²) in [5, 5.41) is 9.67. The monoisotopic (exact) mass is 410 g/mol. The van der Waals surface area contributed by atoms with Crippen LogP contribution in [-0.2, 0) is 11.3 Å². The molecule has 0 spiro atoms. The van der Waals surface area contributed by atoms with Crippen molar-refractivity contribution in [2.75, 3.05) is 0 Å². The zero-order valence-corrected chi connectivity index (χ0v) is 17.8. The predicted molar refractivity (Wildman–Crippen MR) is 121 cm³/mol. The van der Waals surface area contributed by atoms with Crippen LogP contribution in [-0.4, -0.2) is 4.98 Å². The molecule has 4 rings (SSSR count). The Hall–Kier alpha value is -3.26. The van der Waals surface area contributed by atoms with Gasteiger partial charge in [0.25, 0.3) is 0 Å². The van der Waals surface area contributed by atoms with Crippen LogP contribution in [0.25, 0.3) is 11.1 Å². The van der Waals surface area contributed by atoms with E-state index in [9.17, 15) is 5.26 Å². The minimum atomic E-state index is -0.242. The van der Waals surface area contributed by atoms with E-state index in [1.54, 1.807) is 11.3 Å². The number of aryl methyl sites for hydroxylation is 2. The first-order valence-corrected chi connectivity index (χ1v) is 10.7. The number of aromatic nitrogens is 1. The Morgan fingerprint density at radius 1 is 1.00 bits per heavy atom. The highest BCUT2D eigenvalue weighted by molar-refractivity contribution is 7.09. The SMILES string of the molecule is Cc1cccc(COC(c2ccc(C#N)c(-c3ccccc3C)c2)c2cncs2)c1. The average molecular weight is 411 g/mol. The fourth-order valence-electron chi connectivity index (χ4n) is 3.60. The molecule has 0 aliphatic heterocycles. The highest BCUT2D eigenvalue weighted by atomic mass is 32.1. The van der Waals surface area contributed by atoms with E-state index in [1.165, 1.54) is 5.56 Å². The van der Waals surface area contributed by atoms with Crippen molar-refractivity contribution in [2.45, 2.75) is 26.6 Å². The summed E-state index contributed by atoms with van der Waals surface area (Å²) in [5.74, 6) is 0. The molecule has 0 bridgehead atoms. The first-order valence-electron chi connectivity index (χ1n) is 9.81. The molecule has 3 aromatic carbocycles. The van der Waals surface area contributed by atoms with Crippen LogP contribution in [0.2, 0.25) is 0 Å². The largest absolute Gasteiger partial charge is 0.363 e. The van der Waals surface area contributed by atoms with Gasteiger partial charge in [-0.15, -0.1) is 11.3 Å². The average Bonchev–Trinajstić information content (AvgIpc) is 3.29. The summed E-state index contributed by atoms with van der Waals surface area (Å²) in [6.45, 7) is 4.65. The number of hydrogen-bond donors (Lipinski definition) is 0. The Bertz CT molecular complexity index is 1190. The molecule has 4 aromatic rings. The van der Waals surface area contributed by atoms with Crippen molar-refractivity contribution >= 4 is 11.3 Å². The molecular weight excluding hydrogens is 388 g/mol. The molecule has 1 atom stereocenters. The maximum atomic E-state index is 9.67. The van der Waals surface area contributed by atoms with E-state index in [0.717, 1.165) is 32.7 Å². The van der Waals surface area contributed by atoms with Gasteiger partial charge in [-0.05, 0) is 48.2 Å². The minimum Gasteiger partial charge on any atom is -0.363 e. The van der Waals surface area contributed by atoms with Crippen molar-refractivity contribution in [1.29, 1.82) is 5.26 Å². The molecule has 1 aromatic heterocycles. The second-order valence-electron chi connectivity index (χ2n) is 7.32. The van der Waals surface area contributed by atoms with E-state index >= 15 is 0 Å². The van der Waals surface area contributed by atoms with Crippen molar-refractivity contribution in [2.24, 2.45) is 0 Å². The van der Waals surface area contributed by atoms with Gasteiger partial charge in [-0.3, -0.25) is 4.98 Å². The number of benzene rings is 3. The van der Waals surface area contributed by atoms with Crippen molar-refractivity contribution in [3.63, 3.8) is 0 Å². The Balaban J connectivity index is 1.73. The van der Waals surface area contributed by atoms with Crippen LogP contribution in [0.5, 0.6) is 0 Å². The van der Waals surface area contributed by atoms with E-state index in [-0.39, 0.29) is 6.10 Å². The fraction of sp³-hybridized carbons (Fsp3) is 0.154.